The number of anilines is 1. The zero-order chi connectivity index (χ0) is 18.4. The lowest BCUT2D eigenvalue weighted by Crippen LogP contribution is -2.28. The van der Waals surface area contributed by atoms with Gasteiger partial charge in [-0.15, -0.1) is 0 Å². The monoisotopic (exact) mass is 367 g/mol. The first kappa shape index (κ1) is 17.9. The molecular weight excluding hydrogens is 350 g/mol. The maximum Gasteiger partial charge on any atom is 0.226 e. The van der Waals surface area contributed by atoms with E-state index in [4.69, 9.17) is 11.6 Å². The Hall–Kier alpha value is -2.92. The molecule has 5 nitrogen and oxygen atoms in total. The van der Waals surface area contributed by atoms with E-state index in [1.165, 1.54) is 0 Å². The minimum atomic E-state index is -0.195. The smallest absolute Gasteiger partial charge is 0.226 e. The molecule has 2 N–H and O–H groups in total. The van der Waals surface area contributed by atoms with Crippen LogP contribution in [0.3, 0.4) is 0 Å². The Kier molecular flexibility index (Phi) is 5.81. The van der Waals surface area contributed by atoms with Gasteiger partial charge in [0.2, 0.25) is 11.8 Å². The third-order valence-electron chi connectivity index (χ3n) is 3.87. The molecule has 3 rings (SSSR count). The van der Waals surface area contributed by atoms with Crippen LogP contribution in [0, 0.1) is 0 Å². The highest BCUT2D eigenvalue weighted by Gasteiger charge is 2.10. The zero-order valence-corrected chi connectivity index (χ0v) is 14.8. The van der Waals surface area contributed by atoms with Crippen molar-refractivity contribution < 1.29 is 9.59 Å². The van der Waals surface area contributed by atoms with E-state index < -0.39 is 0 Å². The van der Waals surface area contributed by atoms with Crippen molar-refractivity contribution in [2.24, 2.45) is 0 Å². The van der Waals surface area contributed by atoms with Gasteiger partial charge in [-0.05, 0) is 29.8 Å². The number of nitrogens with one attached hydrogen (secondary N) is 2. The van der Waals surface area contributed by atoms with Crippen LogP contribution in [0.4, 0.5) is 5.69 Å². The van der Waals surface area contributed by atoms with E-state index in [-0.39, 0.29) is 24.8 Å². The maximum atomic E-state index is 12.2. The topological polar surface area (TPSA) is 71.1 Å². The largest absolute Gasteiger partial charge is 0.355 e. The van der Waals surface area contributed by atoms with Gasteiger partial charge in [0.05, 0.1) is 22.6 Å². The van der Waals surface area contributed by atoms with Crippen LogP contribution >= 0.6 is 11.6 Å². The fraction of sp³-hybridized carbons (Fsp3) is 0.150. The molecule has 0 radical (unpaired) electrons. The molecule has 1 heterocycles. The van der Waals surface area contributed by atoms with Crippen molar-refractivity contribution in [3.63, 3.8) is 0 Å². The van der Waals surface area contributed by atoms with E-state index in [1.807, 2.05) is 36.4 Å². The van der Waals surface area contributed by atoms with Crippen LogP contribution in [0.15, 0.2) is 60.8 Å². The summed E-state index contributed by atoms with van der Waals surface area (Å²) in [6.07, 6.45) is 2.13. The van der Waals surface area contributed by atoms with Gasteiger partial charge in [-0.25, -0.2) is 0 Å². The highest BCUT2D eigenvalue weighted by Crippen LogP contribution is 2.27. The van der Waals surface area contributed by atoms with E-state index in [0.29, 0.717) is 22.6 Å². The summed E-state index contributed by atoms with van der Waals surface area (Å²) in [5.41, 5.74) is 2.18. The van der Waals surface area contributed by atoms with Crippen molar-refractivity contribution in [3.05, 3.63) is 71.4 Å². The Morgan fingerprint density at radius 3 is 2.58 bits per heavy atom. The minimum absolute atomic E-state index is 0.109. The number of amides is 2. The summed E-state index contributed by atoms with van der Waals surface area (Å²) in [5.74, 6) is -0.304. The van der Waals surface area contributed by atoms with Gasteiger partial charge >= 0.3 is 0 Å². The van der Waals surface area contributed by atoms with E-state index in [0.717, 1.165) is 10.9 Å². The van der Waals surface area contributed by atoms with E-state index in [2.05, 4.69) is 15.6 Å². The third-order valence-corrected chi connectivity index (χ3v) is 4.20. The molecule has 0 saturated heterocycles. The standard InChI is InChI=1S/C20H18ClN3O2/c21-16-8-9-17(20-15(16)7-4-11-23-20)24-18(25)10-12-22-19(26)13-14-5-2-1-3-6-14/h1-9,11H,10,12-13H2,(H,22,26)(H,24,25). The highest BCUT2D eigenvalue weighted by atomic mass is 35.5. The van der Waals surface area contributed by atoms with Crippen molar-refractivity contribution >= 4 is 40.0 Å². The molecule has 0 atom stereocenters. The van der Waals surface area contributed by atoms with Gasteiger partial charge < -0.3 is 10.6 Å². The normalized spacial score (nSPS) is 10.5. The lowest BCUT2D eigenvalue weighted by Gasteiger charge is -2.09. The lowest BCUT2D eigenvalue weighted by atomic mass is 10.1. The van der Waals surface area contributed by atoms with Gasteiger partial charge in [-0.3, -0.25) is 14.6 Å². The summed E-state index contributed by atoms with van der Waals surface area (Å²) >= 11 is 6.15. The SMILES string of the molecule is O=C(Cc1ccccc1)NCCC(=O)Nc1ccc(Cl)c2cccnc12. The average molecular weight is 368 g/mol. The summed E-state index contributed by atoms with van der Waals surface area (Å²) in [7, 11) is 0. The average Bonchev–Trinajstić information content (AvgIpc) is 2.65. The molecule has 3 aromatic rings. The number of halogens is 1. The number of aromatic nitrogens is 1. The van der Waals surface area contributed by atoms with Gasteiger partial charge in [0.15, 0.2) is 0 Å². The van der Waals surface area contributed by atoms with Crippen molar-refractivity contribution in [1.29, 1.82) is 0 Å². The second-order valence-electron chi connectivity index (χ2n) is 5.81. The first-order valence-electron chi connectivity index (χ1n) is 8.27. The zero-order valence-electron chi connectivity index (χ0n) is 14.0. The van der Waals surface area contributed by atoms with Gasteiger partial charge in [-0.1, -0.05) is 41.9 Å². The Labute approximate surface area is 156 Å². The van der Waals surface area contributed by atoms with Gasteiger partial charge in [0, 0.05) is 24.5 Å². The van der Waals surface area contributed by atoms with Crippen LogP contribution in [-0.2, 0) is 16.0 Å². The van der Waals surface area contributed by atoms with Crippen LogP contribution in [0.25, 0.3) is 10.9 Å². The Bertz CT molecular complexity index is 929. The van der Waals surface area contributed by atoms with Crippen LogP contribution < -0.4 is 10.6 Å². The highest BCUT2D eigenvalue weighted by molar-refractivity contribution is 6.35. The lowest BCUT2D eigenvalue weighted by molar-refractivity contribution is -0.120. The van der Waals surface area contributed by atoms with Crippen LogP contribution in [-0.4, -0.2) is 23.3 Å². The first-order chi connectivity index (χ1) is 12.6. The molecule has 0 aliphatic rings. The van der Waals surface area contributed by atoms with Gasteiger partial charge in [0.1, 0.15) is 0 Å². The molecule has 0 bridgehead atoms. The molecule has 0 aliphatic heterocycles. The Morgan fingerprint density at radius 1 is 0.962 bits per heavy atom. The minimum Gasteiger partial charge on any atom is -0.355 e. The molecular formula is C20H18ClN3O2. The van der Waals surface area contributed by atoms with Gasteiger partial charge in [-0.2, -0.15) is 0 Å². The number of rotatable bonds is 6. The summed E-state index contributed by atoms with van der Waals surface area (Å²) in [4.78, 5) is 28.3. The van der Waals surface area contributed by atoms with Crippen molar-refractivity contribution in [2.75, 3.05) is 11.9 Å². The van der Waals surface area contributed by atoms with Gasteiger partial charge in [0.25, 0.3) is 0 Å². The predicted octanol–water partition coefficient (Wildman–Crippen LogP) is 3.58. The van der Waals surface area contributed by atoms with Crippen LogP contribution in [0.2, 0.25) is 5.02 Å². The molecule has 0 unspecified atom stereocenters. The maximum absolute atomic E-state index is 12.2. The molecule has 1 aromatic heterocycles. The number of carbonyl (C=O) groups is 2. The third kappa shape index (κ3) is 4.58. The van der Waals surface area contributed by atoms with E-state index in [1.54, 1.807) is 24.4 Å². The molecule has 2 aromatic carbocycles. The molecule has 0 saturated carbocycles. The molecule has 2 amide bonds. The second kappa shape index (κ2) is 8.45. The Balaban J connectivity index is 1.52. The number of nitrogens with zero attached hydrogens (tertiary/aromatic N) is 1. The molecule has 0 spiro atoms. The second-order valence-corrected chi connectivity index (χ2v) is 6.21. The van der Waals surface area contributed by atoms with Crippen molar-refractivity contribution in [3.8, 4) is 0 Å². The molecule has 26 heavy (non-hydrogen) atoms. The molecule has 6 heteroatoms. The summed E-state index contributed by atoms with van der Waals surface area (Å²) in [6.45, 7) is 0.274. The number of hydrogen-bond donors (Lipinski definition) is 2. The van der Waals surface area contributed by atoms with Crippen molar-refractivity contribution in [1.82, 2.24) is 10.3 Å². The molecule has 0 aliphatic carbocycles. The summed E-state index contributed by atoms with van der Waals surface area (Å²) < 4.78 is 0. The molecule has 132 valence electrons. The van der Waals surface area contributed by atoms with Crippen LogP contribution in [0.1, 0.15) is 12.0 Å². The number of hydrogen-bond acceptors (Lipinski definition) is 3. The molecule has 0 fully saturated rings. The van der Waals surface area contributed by atoms with E-state index in [9.17, 15) is 9.59 Å². The predicted molar refractivity (Wildman–Crippen MR) is 103 cm³/mol. The van der Waals surface area contributed by atoms with E-state index >= 15 is 0 Å². The van der Waals surface area contributed by atoms with Crippen molar-refractivity contribution in [2.45, 2.75) is 12.8 Å². The number of fused-ring (bicyclic) bond motifs is 1. The number of carbonyl (C=O) groups excluding carboxylic acids is 2. The summed E-state index contributed by atoms with van der Waals surface area (Å²) in [5, 5.41) is 6.95. The Morgan fingerprint density at radius 2 is 1.77 bits per heavy atom. The fourth-order valence-electron chi connectivity index (χ4n) is 2.61. The quantitative estimate of drug-likeness (QED) is 0.699. The fourth-order valence-corrected chi connectivity index (χ4v) is 2.83. The number of benzene rings is 2. The first-order valence-corrected chi connectivity index (χ1v) is 8.65. The van der Waals surface area contributed by atoms with Crippen LogP contribution in [0.5, 0.6) is 0 Å². The number of pyridine rings is 1. The summed E-state index contributed by atoms with van der Waals surface area (Å²) in [6, 6.07) is 16.6.